The number of carbonyl (C=O) groups is 1. The number of carboxylic acid groups (broad SMARTS) is 1. The summed E-state index contributed by atoms with van der Waals surface area (Å²) in [5.41, 5.74) is 1.66. The Hall–Kier alpha value is -1.09. The minimum atomic E-state index is -1.17. The molecule has 0 amide bonds. The fourth-order valence-electron chi connectivity index (χ4n) is 1.84. The van der Waals surface area contributed by atoms with Gasteiger partial charge < -0.3 is 0 Å². The summed E-state index contributed by atoms with van der Waals surface area (Å²) < 4.78 is 6.56. The zero-order valence-corrected chi connectivity index (χ0v) is 17.3. The van der Waals surface area contributed by atoms with Crippen LogP contribution in [0.15, 0.2) is 18.2 Å². The Labute approximate surface area is 163 Å². The summed E-state index contributed by atoms with van der Waals surface area (Å²) in [6, 6.07) is 7.35. The van der Waals surface area contributed by atoms with Gasteiger partial charge in [-0.3, -0.25) is 0 Å². The molecule has 7 heteroatoms. The van der Waals surface area contributed by atoms with Crippen molar-refractivity contribution in [3.05, 3.63) is 33.9 Å². The molecular weight excluding hydrogens is 370 g/mol. The van der Waals surface area contributed by atoms with Gasteiger partial charge in [-0.1, -0.05) is 0 Å². The number of hydrogen-bond donors (Lipinski definition) is 0. The number of nitriles is 1. The molecule has 0 aliphatic carbocycles. The quantitative estimate of drug-likeness (QED) is 0.578. The fraction of sp³-hybridized carbons (Fsp3) is 0.312. The predicted molar refractivity (Wildman–Crippen MR) is 80.7 cm³/mol. The van der Waals surface area contributed by atoms with Crippen molar-refractivity contribution in [1.82, 2.24) is 4.98 Å². The van der Waals surface area contributed by atoms with Gasteiger partial charge in [-0.25, -0.2) is 0 Å². The van der Waals surface area contributed by atoms with Gasteiger partial charge in [-0.05, 0) is 0 Å². The number of carboxylic acids is 1. The van der Waals surface area contributed by atoms with E-state index in [0.717, 1.165) is 5.56 Å². The number of carbonyl (C=O) groups excluding carboxylic acids is 1. The van der Waals surface area contributed by atoms with Gasteiger partial charge in [0.1, 0.15) is 0 Å². The monoisotopic (exact) mass is 386 g/mol. The molecule has 0 radical (unpaired) electrons. The Balaban J connectivity index is 0.00000264. The van der Waals surface area contributed by atoms with E-state index in [2.05, 4.69) is 11.1 Å². The molecule has 0 aliphatic heterocycles. The van der Waals surface area contributed by atoms with E-state index >= 15 is 0 Å². The van der Waals surface area contributed by atoms with Crippen molar-refractivity contribution in [3.63, 3.8) is 0 Å². The smallest absolute Gasteiger partial charge is 1.00 e. The first-order valence-corrected chi connectivity index (χ1v) is 8.49. The molecule has 0 saturated heterocycles. The van der Waals surface area contributed by atoms with Crippen LogP contribution in [0.2, 0.25) is 0 Å². The van der Waals surface area contributed by atoms with Crippen molar-refractivity contribution < 1.29 is 44.2 Å². The van der Waals surface area contributed by atoms with Gasteiger partial charge in [-0.15, -0.1) is 0 Å². The normalized spacial score (nSPS) is 10.0. The Morgan fingerprint density at radius 2 is 2.17 bits per heavy atom. The van der Waals surface area contributed by atoms with Gasteiger partial charge in [0.05, 0.1) is 0 Å². The molecule has 2 rings (SSSR count). The van der Waals surface area contributed by atoms with Gasteiger partial charge in [-0.2, -0.15) is 0 Å². The van der Waals surface area contributed by atoms with Crippen LogP contribution in [0.5, 0.6) is 5.75 Å². The number of nitrogens with zero attached hydrogens (tertiary/aromatic N) is 2. The first-order chi connectivity index (χ1) is 10.4. The molecule has 2 aromatic rings. The third-order valence-corrected chi connectivity index (χ3v) is 5.39. The number of hydrogen-bond acceptors (Lipinski definition) is 5. The van der Waals surface area contributed by atoms with Gasteiger partial charge >= 0.3 is 164 Å². The van der Waals surface area contributed by atoms with E-state index in [1.807, 2.05) is 19.9 Å². The predicted octanol–water partition coefficient (Wildman–Crippen LogP) is -1.61. The molecule has 1 aromatic heterocycles. The van der Waals surface area contributed by atoms with Crippen LogP contribution in [-0.2, 0) is 0 Å². The molecule has 0 spiro atoms. The second-order valence-corrected chi connectivity index (χ2v) is 7.34. The van der Waals surface area contributed by atoms with Crippen molar-refractivity contribution in [2.45, 2.75) is 20.8 Å². The molecule has 0 atom stereocenters. The van der Waals surface area contributed by atoms with Gasteiger partial charge in [0.25, 0.3) is 0 Å². The molecule has 5 nitrogen and oxygen atoms in total. The Bertz CT molecular complexity index is 750. The SMILES string of the molecule is Cc1nc(-c2ccc(OCC(C)C)c(C#N)c2)[se]c1C(=O)[O-].[Na+]. The minimum absolute atomic E-state index is 0. The summed E-state index contributed by atoms with van der Waals surface area (Å²) in [6.07, 6.45) is 0. The maximum absolute atomic E-state index is 11.0. The van der Waals surface area contributed by atoms with Crippen molar-refractivity contribution in [1.29, 1.82) is 5.26 Å². The zero-order valence-electron chi connectivity index (χ0n) is 13.5. The standard InChI is InChI=1S/C16H16N2O3Se.Na/c1-9(2)8-21-13-5-4-11(6-12(13)7-17)15-18-10(3)14(22-15)16(19)20;/h4-6,9H,8H2,1-3H3,(H,19,20);/q;+1/p-1. The zero-order chi connectivity index (χ0) is 16.3. The van der Waals surface area contributed by atoms with E-state index < -0.39 is 20.5 Å². The number of rotatable bonds is 5. The van der Waals surface area contributed by atoms with E-state index in [-0.39, 0.29) is 34.0 Å². The molecule has 0 saturated carbocycles. The fourth-order valence-corrected chi connectivity index (χ4v) is 3.72. The van der Waals surface area contributed by atoms with Crippen LogP contribution in [-0.4, -0.2) is 32.1 Å². The molecule has 1 aromatic carbocycles. The van der Waals surface area contributed by atoms with E-state index in [1.165, 1.54) is 0 Å². The van der Waals surface area contributed by atoms with Crippen LogP contribution in [0.25, 0.3) is 10.1 Å². The van der Waals surface area contributed by atoms with Crippen LogP contribution < -0.4 is 39.4 Å². The maximum Gasteiger partial charge on any atom is 1.00 e. The summed E-state index contributed by atoms with van der Waals surface area (Å²) in [5.74, 6) is -0.268. The molecule has 0 fully saturated rings. The number of aryl methyl sites for hydroxylation is 1. The van der Waals surface area contributed by atoms with Crippen molar-refractivity contribution in [2.24, 2.45) is 5.92 Å². The van der Waals surface area contributed by atoms with E-state index in [9.17, 15) is 15.2 Å². The summed E-state index contributed by atoms with van der Waals surface area (Å²) in [7, 11) is 0. The summed E-state index contributed by atoms with van der Waals surface area (Å²) in [4.78, 5) is 15.3. The topological polar surface area (TPSA) is 86.0 Å². The third kappa shape index (κ3) is 4.94. The van der Waals surface area contributed by atoms with Crippen LogP contribution in [0.3, 0.4) is 0 Å². The van der Waals surface area contributed by atoms with E-state index in [1.54, 1.807) is 19.1 Å². The van der Waals surface area contributed by atoms with Crippen molar-refractivity contribution in [2.75, 3.05) is 6.61 Å². The molecule has 23 heavy (non-hydrogen) atoms. The number of benzene rings is 1. The summed E-state index contributed by atoms with van der Waals surface area (Å²) in [6.45, 7) is 6.26. The molecule has 0 aliphatic rings. The molecule has 0 bridgehead atoms. The second-order valence-electron chi connectivity index (χ2n) is 5.25. The van der Waals surface area contributed by atoms with Crippen LogP contribution in [0.1, 0.15) is 34.3 Å². The van der Waals surface area contributed by atoms with E-state index in [0.29, 0.717) is 34.1 Å². The maximum atomic E-state index is 11.0. The van der Waals surface area contributed by atoms with Gasteiger partial charge in [0.15, 0.2) is 0 Å². The minimum Gasteiger partial charge on any atom is 1.00 e. The molecular formula is C16H15N2NaO3Se. The largest absolute Gasteiger partial charge is 1.00 e. The average molecular weight is 385 g/mol. The van der Waals surface area contributed by atoms with Crippen LogP contribution >= 0.6 is 0 Å². The van der Waals surface area contributed by atoms with Crippen LogP contribution in [0, 0.1) is 24.2 Å². The molecule has 1 heterocycles. The third-order valence-electron chi connectivity index (χ3n) is 2.90. The first kappa shape index (κ1) is 20.0. The second kappa shape index (κ2) is 8.68. The Morgan fingerprint density at radius 3 is 2.70 bits per heavy atom. The number of ether oxygens (including phenoxy) is 1. The van der Waals surface area contributed by atoms with Crippen molar-refractivity contribution >= 4 is 20.5 Å². The van der Waals surface area contributed by atoms with Gasteiger partial charge in [0, 0.05) is 0 Å². The van der Waals surface area contributed by atoms with Crippen LogP contribution in [0.4, 0.5) is 0 Å². The molecule has 0 unspecified atom stereocenters. The Kier molecular flexibility index (Phi) is 7.53. The first-order valence-electron chi connectivity index (χ1n) is 6.78. The van der Waals surface area contributed by atoms with E-state index in [4.69, 9.17) is 4.74 Å². The van der Waals surface area contributed by atoms with Gasteiger partial charge in [0.2, 0.25) is 0 Å². The Morgan fingerprint density at radius 1 is 1.48 bits per heavy atom. The summed E-state index contributed by atoms with van der Waals surface area (Å²) in [5, 5.41) is 20.3. The number of aromatic nitrogens is 1. The molecule has 0 N–H and O–H groups in total. The molecule has 114 valence electrons. The summed E-state index contributed by atoms with van der Waals surface area (Å²) >= 11 is -0.407. The average Bonchev–Trinajstić information content (AvgIpc) is 2.87. The van der Waals surface area contributed by atoms with Crippen molar-refractivity contribution in [3.8, 4) is 22.0 Å². The number of aromatic carboxylic acids is 1.